The largest absolute Gasteiger partial charge is 0.409 e. The number of aromatic nitrogens is 4. The Morgan fingerprint density at radius 3 is 2.55 bits per heavy atom. The van der Waals surface area contributed by atoms with Crippen molar-refractivity contribution >= 4 is 0 Å². The van der Waals surface area contributed by atoms with Gasteiger partial charge in [-0.25, -0.2) is 0 Å². The first-order valence-electron chi connectivity index (χ1n) is 7.63. The van der Waals surface area contributed by atoms with E-state index in [9.17, 15) is 13.2 Å². The van der Waals surface area contributed by atoms with Crippen LogP contribution in [-0.2, 0) is 17.8 Å². The second-order valence-electron chi connectivity index (χ2n) is 6.09. The van der Waals surface area contributed by atoms with E-state index in [1.807, 2.05) is 0 Å². The van der Waals surface area contributed by atoms with Gasteiger partial charge in [0.05, 0.1) is 6.54 Å². The van der Waals surface area contributed by atoms with Crippen LogP contribution in [0, 0.1) is 11.8 Å². The van der Waals surface area contributed by atoms with E-state index < -0.39 is 12.7 Å². The van der Waals surface area contributed by atoms with Crippen molar-refractivity contribution in [3.8, 4) is 0 Å². The molecule has 124 valence electrons. The van der Waals surface area contributed by atoms with E-state index in [2.05, 4.69) is 20.3 Å². The van der Waals surface area contributed by atoms with Crippen LogP contribution in [0.25, 0.3) is 0 Å². The smallest absolute Gasteiger partial charge is 0.381 e. The number of tetrazole rings is 1. The van der Waals surface area contributed by atoms with Crippen LogP contribution in [-0.4, -0.2) is 57.6 Å². The number of alkyl halides is 3. The maximum atomic E-state index is 12.3. The molecule has 1 aromatic rings. The molecule has 2 fully saturated rings. The molecule has 0 aromatic carbocycles. The zero-order valence-electron chi connectivity index (χ0n) is 12.3. The summed E-state index contributed by atoms with van der Waals surface area (Å²) < 4.78 is 42.2. The zero-order valence-corrected chi connectivity index (χ0v) is 12.3. The standard InChI is InChI=1S/C13H20F3N5O/c14-13(15,16)9-21-18-12(17-19-21)7-20-4-1-10(2-5-20)11-3-6-22-8-11/h10-11H,1-9H2. The summed E-state index contributed by atoms with van der Waals surface area (Å²) in [5, 5.41) is 11.0. The van der Waals surface area contributed by atoms with Crippen molar-refractivity contribution in [1.29, 1.82) is 0 Å². The van der Waals surface area contributed by atoms with Gasteiger partial charge in [0.25, 0.3) is 0 Å². The van der Waals surface area contributed by atoms with Crippen molar-refractivity contribution in [3.05, 3.63) is 5.82 Å². The third-order valence-electron chi connectivity index (χ3n) is 4.44. The van der Waals surface area contributed by atoms with E-state index in [0.29, 0.717) is 29.0 Å². The van der Waals surface area contributed by atoms with Crippen LogP contribution in [0.15, 0.2) is 0 Å². The average Bonchev–Trinajstić information content (AvgIpc) is 3.10. The first kappa shape index (κ1) is 15.7. The highest BCUT2D eigenvalue weighted by Crippen LogP contribution is 2.30. The third kappa shape index (κ3) is 4.16. The van der Waals surface area contributed by atoms with Gasteiger partial charge in [-0.1, -0.05) is 0 Å². The minimum atomic E-state index is -4.32. The van der Waals surface area contributed by atoms with E-state index >= 15 is 0 Å². The lowest BCUT2D eigenvalue weighted by molar-refractivity contribution is -0.145. The highest BCUT2D eigenvalue weighted by molar-refractivity contribution is 4.83. The molecule has 9 heteroatoms. The van der Waals surface area contributed by atoms with Crippen LogP contribution in [0.3, 0.4) is 0 Å². The predicted molar refractivity (Wildman–Crippen MR) is 70.8 cm³/mol. The Bertz CT molecular complexity index is 478. The molecule has 0 radical (unpaired) electrons. The van der Waals surface area contributed by atoms with E-state index in [4.69, 9.17) is 4.74 Å². The molecule has 0 spiro atoms. The summed E-state index contributed by atoms with van der Waals surface area (Å²) in [7, 11) is 0. The molecule has 0 aliphatic carbocycles. The van der Waals surface area contributed by atoms with Gasteiger partial charge in [0.1, 0.15) is 0 Å². The molecule has 1 aromatic heterocycles. The molecule has 0 N–H and O–H groups in total. The highest BCUT2D eigenvalue weighted by atomic mass is 19.4. The second kappa shape index (κ2) is 6.49. The fraction of sp³-hybridized carbons (Fsp3) is 0.923. The van der Waals surface area contributed by atoms with E-state index in [1.54, 1.807) is 0 Å². The number of nitrogens with zero attached hydrogens (tertiary/aromatic N) is 5. The van der Waals surface area contributed by atoms with E-state index in [-0.39, 0.29) is 0 Å². The highest BCUT2D eigenvalue weighted by Gasteiger charge is 2.31. The quantitative estimate of drug-likeness (QED) is 0.841. The SMILES string of the molecule is FC(F)(F)Cn1nnc(CN2CCC(C3CCOC3)CC2)n1. The Kier molecular flexibility index (Phi) is 4.62. The fourth-order valence-corrected chi connectivity index (χ4v) is 3.27. The maximum absolute atomic E-state index is 12.3. The molecule has 3 rings (SSSR count). The van der Waals surface area contributed by atoms with E-state index in [1.165, 1.54) is 0 Å². The molecule has 2 aliphatic rings. The van der Waals surface area contributed by atoms with Crippen LogP contribution in [0.2, 0.25) is 0 Å². The number of piperidine rings is 1. The van der Waals surface area contributed by atoms with Gasteiger partial charge in [-0.2, -0.15) is 18.0 Å². The Morgan fingerprint density at radius 2 is 1.91 bits per heavy atom. The first-order valence-corrected chi connectivity index (χ1v) is 7.63. The van der Waals surface area contributed by atoms with Crippen molar-refractivity contribution < 1.29 is 17.9 Å². The summed E-state index contributed by atoms with van der Waals surface area (Å²) in [5.41, 5.74) is 0. The molecule has 6 nitrogen and oxygen atoms in total. The lowest BCUT2D eigenvalue weighted by Crippen LogP contribution is -2.36. The average molecular weight is 319 g/mol. The summed E-state index contributed by atoms with van der Waals surface area (Å²) in [5.74, 6) is 1.73. The Balaban J connectivity index is 1.46. The first-order chi connectivity index (χ1) is 10.5. The predicted octanol–water partition coefficient (Wildman–Crippen LogP) is 1.48. The molecule has 1 unspecified atom stereocenters. The molecule has 22 heavy (non-hydrogen) atoms. The molecule has 0 amide bonds. The van der Waals surface area contributed by atoms with Crippen molar-refractivity contribution in [3.63, 3.8) is 0 Å². The molecular formula is C13H20F3N5O. The summed E-state index contributed by atoms with van der Waals surface area (Å²) in [6.45, 7) is 2.87. The number of hydrogen-bond donors (Lipinski definition) is 0. The molecular weight excluding hydrogens is 299 g/mol. The summed E-state index contributed by atoms with van der Waals surface area (Å²) in [4.78, 5) is 2.79. The second-order valence-corrected chi connectivity index (χ2v) is 6.09. The third-order valence-corrected chi connectivity index (χ3v) is 4.44. The number of ether oxygens (including phenoxy) is 1. The normalized spacial score (nSPS) is 25.0. The van der Waals surface area contributed by atoms with Gasteiger partial charge >= 0.3 is 6.18 Å². The van der Waals surface area contributed by atoms with Crippen molar-refractivity contribution in [2.24, 2.45) is 11.8 Å². The maximum Gasteiger partial charge on any atom is 0.409 e. The molecule has 2 aliphatic heterocycles. The number of hydrogen-bond acceptors (Lipinski definition) is 5. The molecule has 2 saturated heterocycles. The monoisotopic (exact) mass is 319 g/mol. The minimum Gasteiger partial charge on any atom is -0.381 e. The van der Waals surface area contributed by atoms with Gasteiger partial charge in [0, 0.05) is 13.2 Å². The van der Waals surface area contributed by atoms with Crippen molar-refractivity contribution in [1.82, 2.24) is 25.1 Å². The van der Waals surface area contributed by atoms with Crippen LogP contribution < -0.4 is 0 Å². The number of halogens is 3. The Morgan fingerprint density at radius 1 is 1.14 bits per heavy atom. The zero-order chi connectivity index (χ0) is 15.6. The van der Waals surface area contributed by atoms with Gasteiger partial charge in [-0.3, -0.25) is 4.90 Å². The van der Waals surface area contributed by atoms with Crippen LogP contribution >= 0.6 is 0 Å². The van der Waals surface area contributed by atoms with Crippen LogP contribution in [0.1, 0.15) is 25.1 Å². The summed E-state index contributed by atoms with van der Waals surface area (Å²) in [6.07, 6.45) is -0.965. The van der Waals surface area contributed by atoms with Crippen molar-refractivity contribution in [2.75, 3.05) is 26.3 Å². The van der Waals surface area contributed by atoms with Gasteiger partial charge in [-0.15, -0.1) is 10.2 Å². The van der Waals surface area contributed by atoms with Crippen molar-refractivity contribution in [2.45, 2.75) is 38.5 Å². The summed E-state index contributed by atoms with van der Waals surface area (Å²) in [6, 6.07) is 0. The topological polar surface area (TPSA) is 56.1 Å². The molecule has 0 saturated carbocycles. The van der Waals surface area contributed by atoms with E-state index in [0.717, 1.165) is 45.6 Å². The molecule has 3 heterocycles. The van der Waals surface area contributed by atoms with Crippen LogP contribution in [0.4, 0.5) is 13.2 Å². The lowest BCUT2D eigenvalue weighted by Gasteiger charge is -2.33. The molecule has 0 bridgehead atoms. The van der Waals surface area contributed by atoms with Gasteiger partial charge in [0.2, 0.25) is 0 Å². The number of rotatable bonds is 4. The Hall–Kier alpha value is -1.22. The van der Waals surface area contributed by atoms with Gasteiger partial charge < -0.3 is 4.74 Å². The fourth-order valence-electron chi connectivity index (χ4n) is 3.27. The molecule has 1 atom stereocenters. The minimum absolute atomic E-state index is 0.354. The summed E-state index contributed by atoms with van der Waals surface area (Å²) >= 11 is 0. The Labute approximate surface area is 126 Å². The van der Waals surface area contributed by atoms with Gasteiger partial charge in [0.15, 0.2) is 12.4 Å². The van der Waals surface area contributed by atoms with Crippen LogP contribution in [0.5, 0.6) is 0 Å². The van der Waals surface area contributed by atoms with Gasteiger partial charge in [-0.05, 0) is 49.4 Å². The number of likely N-dealkylation sites (tertiary alicyclic amines) is 1. The lowest BCUT2D eigenvalue weighted by atomic mass is 9.84.